The molecule has 4 heteroatoms. The lowest BCUT2D eigenvalue weighted by Crippen LogP contribution is -2.28. The number of rotatable bonds is 1. The second-order valence-corrected chi connectivity index (χ2v) is 4.54. The highest BCUT2D eigenvalue weighted by Crippen LogP contribution is 2.40. The third-order valence-corrected chi connectivity index (χ3v) is 3.69. The van der Waals surface area contributed by atoms with Gasteiger partial charge in [0.2, 0.25) is 0 Å². The van der Waals surface area contributed by atoms with Gasteiger partial charge in [0, 0.05) is 18.0 Å². The molecular formula is C12H19N3S. The summed E-state index contributed by atoms with van der Waals surface area (Å²) >= 11 is 1.57. The van der Waals surface area contributed by atoms with E-state index in [2.05, 4.69) is 17.9 Å². The number of hydrogen-bond acceptors (Lipinski definition) is 4. The molecule has 1 aliphatic heterocycles. The van der Waals surface area contributed by atoms with Gasteiger partial charge in [-0.25, -0.2) is 0 Å². The maximum absolute atomic E-state index is 9.03. The third kappa shape index (κ3) is 2.14. The number of nitrogen functional groups attached to an aromatic ring is 1. The Kier molecular flexibility index (Phi) is 4.63. The van der Waals surface area contributed by atoms with Gasteiger partial charge in [-0.1, -0.05) is 13.8 Å². The van der Waals surface area contributed by atoms with Crippen molar-refractivity contribution in [1.82, 2.24) is 0 Å². The SMILES string of the molecule is CC.CCN1CCCc2sc(N)c(C#N)c21. The summed E-state index contributed by atoms with van der Waals surface area (Å²) < 4.78 is 0. The standard InChI is InChI=1S/C10H13N3S.C2H6/c1-2-13-5-3-4-8-9(13)7(6-11)10(12)14-8;1-2/h2-5,12H2,1H3;1-2H3. The minimum atomic E-state index is 0.679. The molecule has 0 amide bonds. The molecule has 0 spiro atoms. The Hall–Kier alpha value is -1.21. The van der Waals surface area contributed by atoms with Crippen molar-refractivity contribution in [3.8, 4) is 6.07 Å². The Balaban J connectivity index is 0.000000606. The molecule has 0 bridgehead atoms. The first kappa shape index (κ1) is 12.9. The summed E-state index contributed by atoms with van der Waals surface area (Å²) in [6.45, 7) is 8.12. The summed E-state index contributed by atoms with van der Waals surface area (Å²) in [5.41, 5.74) is 7.61. The van der Waals surface area contributed by atoms with Crippen molar-refractivity contribution in [2.75, 3.05) is 23.7 Å². The number of hydrogen-bond donors (Lipinski definition) is 1. The summed E-state index contributed by atoms with van der Waals surface area (Å²) in [6, 6.07) is 2.21. The maximum atomic E-state index is 9.03. The van der Waals surface area contributed by atoms with Crippen LogP contribution in [0.1, 0.15) is 37.6 Å². The van der Waals surface area contributed by atoms with Gasteiger partial charge in [0.15, 0.2) is 0 Å². The van der Waals surface area contributed by atoms with Gasteiger partial charge in [-0.15, -0.1) is 11.3 Å². The lowest BCUT2D eigenvalue weighted by molar-refractivity contribution is 0.716. The Morgan fingerprint density at radius 3 is 2.75 bits per heavy atom. The van der Waals surface area contributed by atoms with Crippen molar-refractivity contribution < 1.29 is 0 Å². The zero-order valence-electron chi connectivity index (χ0n) is 10.2. The maximum Gasteiger partial charge on any atom is 0.110 e. The van der Waals surface area contributed by atoms with Crippen LogP contribution in [0.5, 0.6) is 0 Å². The fraction of sp³-hybridized carbons (Fsp3) is 0.583. The van der Waals surface area contributed by atoms with Gasteiger partial charge in [0.25, 0.3) is 0 Å². The smallest absolute Gasteiger partial charge is 0.110 e. The van der Waals surface area contributed by atoms with E-state index in [0.717, 1.165) is 25.2 Å². The van der Waals surface area contributed by atoms with E-state index in [9.17, 15) is 0 Å². The Morgan fingerprint density at radius 1 is 1.50 bits per heavy atom. The van der Waals surface area contributed by atoms with Crippen LogP contribution < -0.4 is 10.6 Å². The van der Waals surface area contributed by atoms with Gasteiger partial charge in [-0.3, -0.25) is 0 Å². The van der Waals surface area contributed by atoms with Crippen LogP contribution in [-0.4, -0.2) is 13.1 Å². The molecule has 0 radical (unpaired) electrons. The van der Waals surface area contributed by atoms with Crippen molar-refractivity contribution in [2.24, 2.45) is 0 Å². The van der Waals surface area contributed by atoms with Gasteiger partial charge < -0.3 is 10.6 Å². The topological polar surface area (TPSA) is 53.0 Å². The third-order valence-electron chi connectivity index (χ3n) is 2.62. The number of aryl methyl sites for hydroxylation is 1. The van der Waals surface area contributed by atoms with Crippen molar-refractivity contribution in [1.29, 1.82) is 5.26 Å². The fourth-order valence-electron chi connectivity index (χ4n) is 1.96. The number of fused-ring (bicyclic) bond motifs is 1. The van der Waals surface area contributed by atoms with Gasteiger partial charge in [0.1, 0.15) is 16.6 Å². The Morgan fingerprint density at radius 2 is 2.19 bits per heavy atom. The monoisotopic (exact) mass is 237 g/mol. The molecule has 2 rings (SSSR count). The normalized spacial score (nSPS) is 13.5. The number of nitrogens with zero attached hydrogens (tertiary/aromatic N) is 2. The van der Waals surface area contributed by atoms with Crippen LogP contribution in [0.4, 0.5) is 10.7 Å². The molecular weight excluding hydrogens is 218 g/mol. The van der Waals surface area contributed by atoms with E-state index < -0.39 is 0 Å². The molecule has 1 aromatic heterocycles. The Labute approximate surface area is 101 Å². The molecule has 0 aromatic carbocycles. The summed E-state index contributed by atoms with van der Waals surface area (Å²) in [5.74, 6) is 0. The minimum absolute atomic E-state index is 0.679. The summed E-state index contributed by atoms with van der Waals surface area (Å²) in [7, 11) is 0. The highest BCUT2D eigenvalue weighted by atomic mass is 32.1. The predicted octanol–water partition coefficient (Wildman–Crippen LogP) is 3.00. The molecule has 0 aliphatic carbocycles. The Bertz CT molecular complexity index is 390. The second kappa shape index (κ2) is 5.76. The average Bonchev–Trinajstić information content (AvgIpc) is 2.66. The van der Waals surface area contributed by atoms with Crippen LogP contribution in [0.15, 0.2) is 0 Å². The molecule has 0 unspecified atom stereocenters. The molecule has 3 nitrogen and oxygen atoms in total. The number of nitriles is 1. The number of nitrogens with two attached hydrogens (primary N) is 1. The van der Waals surface area contributed by atoms with Crippen molar-refractivity contribution in [3.63, 3.8) is 0 Å². The van der Waals surface area contributed by atoms with Crippen LogP contribution in [-0.2, 0) is 6.42 Å². The van der Waals surface area contributed by atoms with Crippen LogP contribution in [0.2, 0.25) is 0 Å². The summed E-state index contributed by atoms with van der Waals surface area (Å²) in [5, 5.41) is 9.71. The van der Waals surface area contributed by atoms with Gasteiger partial charge in [-0.2, -0.15) is 5.26 Å². The summed E-state index contributed by atoms with van der Waals surface area (Å²) in [4.78, 5) is 3.54. The molecule has 16 heavy (non-hydrogen) atoms. The quantitative estimate of drug-likeness (QED) is 0.817. The van der Waals surface area contributed by atoms with Crippen LogP contribution >= 0.6 is 11.3 Å². The first-order chi connectivity index (χ1) is 7.77. The first-order valence-electron chi connectivity index (χ1n) is 5.84. The summed E-state index contributed by atoms with van der Waals surface area (Å²) in [6.07, 6.45) is 2.24. The highest BCUT2D eigenvalue weighted by Gasteiger charge is 2.23. The van der Waals surface area contributed by atoms with E-state index in [1.165, 1.54) is 11.3 Å². The van der Waals surface area contributed by atoms with E-state index in [1.807, 2.05) is 13.8 Å². The lowest BCUT2D eigenvalue weighted by Gasteiger charge is -2.27. The van der Waals surface area contributed by atoms with E-state index in [1.54, 1.807) is 11.3 Å². The molecule has 0 atom stereocenters. The van der Waals surface area contributed by atoms with Crippen LogP contribution in [0, 0.1) is 11.3 Å². The van der Waals surface area contributed by atoms with Gasteiger partial charge >= 0.3 is 0 Å². The number of thiophene rings is 1. The molecule has 1 aliphatic rings. The largest absolute Gasteiger partial charge is 0.389 e. The lowest BCUT2D eigenvalue weighted by atomic mass is 10.1. The van der Waals surface area contributed by atoms with Gasteiger partial charge in [0.05, 0.1) is 5.69 Å². The average molecular weight is 237 g/mol. The fourth-order valence-corrected chi connectivity index (χ4v) is 3.04. The van der Waals surface area contributed by atoms with Crippen molar-refractivity contribution >= 4 is 22.0 Å². The zero-order chi connectivity index (χ0) is 12.1. The predicted molar refractivity (Wildman–Crippen MR) is 71.0 cm³/mol. The van der Waals surface area contributed by atoms with Crippen molar-refractivity contribution in [3.05, 3.63) is 10.4 Å². The van der Waals surface area contributed by atoms with E-state index >= 15 is 0 Å². The highest BCUT2D eigenvalue weighted by molar-refractivity contribution is 7.16. The van der Waals surface area contributed by atoms with Gasteiger partial charge in [-0.05, 0) is 19.8 Å². The van der Waals surface area contributed by atoms with Crippen LogP contribution in [0.3, 0.4) is 0 Å². The van der Waals surface area contributed by atoms with Crippen LogP contribution in [0.25, 0.3) is 0 Å². The molecule has 88 valence electrons. The van der Waals surface area contributed by atoms with E-state index in [0.29, 0.717) is 10.6 Å². The minimum Gasteiger partial charge on any atom is -0.389 e. The van der Waals surface area contributed by atoms with E-state index in [-0.39, 0.29) is 0 Å². The molecule has 1 aromatic rings. The van der Waals surface area contributed by atoms with Crippen molar-refractivity contribution in [2.45, 2.75) is 33.6 Å². The molecule has 2 heterocycles. The molecule has 2 N–H and O–H groups in total. The number of anilines is 2. The second-order valence-electron chi connectivity index (χ2n) is 3.41. The first-order valence-corrected chi connectivity index (χ1v) is 6.65. The molecule has 0 saturated heterocycles. The zero-order valence-corrected chi connectivity index (χ0v) is 11.0. The molecule has 0 fully saturated rings. The van der Waals surface area contributed by atoms with E-state index in [4.69, 9.17) is 11.0 Å². The molecule has 0 saturated carbocycles.